The van der Waals surface area contributed by atoms with Gasteiger partial charge in [-0.3, -0.25) is 0 Å². The van der Waals surface area contributed by atoms with E-state index >= 15 is 0 Å². The third-order valence-corrected chi connectivity index (χ3v) is 5.99. The Balaban J connectivity index is 1.95. The van der Waals surface area contributed by atoms with Crippen LogP contribution >= 0.6 is 0 Å². The van der Waals surface area contributed by atoms with Crippen molar-refractivity contribution < 1.29 is 19.4 Å². The van der Waals surface area contributed by atoms with Crippen LogP contribution in [0.4, 0.5) is 0 Å². The molecular formula is C24H42O4. The van der Waals surface area contributed by atoms with E-state index < -0.39 is 11.9 Å². The molecule has 0 saturated carbocycles. The van der Waals surface area contributed by atoms with E-state index in [2.05, 4.69) is 13.8 Å². The van der Waals surface area contributed by atoms with E-state index in [1.54, 1.807) is 0 Å². The van der Waals surface area contributed by atoms with Gasteiger partial charge in [-0.2, -0.15) is 0 Å². The highest BCUT2D eigenvalue weighted by molar-refractivity contribution is 5.99. The summed E-state index contributed by atoms with van der Waals surface area (Å²) in [6.07, 6.45) is 18.0. The predicted octanol–water partition coefficient (Wildman–Crippen LogP) is 6.82. The summed E-state index contributed by atoms with van der Waals surface area (Å²) in [4.78, 5) is 23.3. The minimum absolute atomic E-state index is 0.260. The fourth-order valence-electron chi connectivity index (χ4n) is 3.83. The molecule has 28 heavy (non-hydrogen) atoms. The lowest BCUT2D eigenvalue weighted by molar-refractivity contribution is -0.141. The number of rotatable bonds is 16. The van der Waals surface area contributed by atoms with Gasteiger partial charge in [0.15, 0.2) is 0 Å². The zero-order valence-corrected chi connectivity index (χ0v) is 18.3. The van der Waals surface area contributed by atoms with Crippen molar-refractivity contribution in [3.8, 4) is 0 Å². The topological polar surface area (TPSA) is 63.6 Å². The Labute approximate surface area is 172 Å². The zero-order valence-electron chi connectivity index (χ0n) is 18.3. The standard InChI is InChI=1S/C24H42O4/c1-3-20(2)16-12-10-8-6-4-5-7-9-11-15-19-28-24(27)22-18-14-13-17-21(22)23(25)26/h20H,3-19H2,1-2H3,(H,25,26). The van der Waals surface area contributed by atoms with Gasteiger partial charge in [0.1, 0.15) is 0 Å². The fraction of sp³-hybridized carbons (Fsp3) is 0.833. The Hall–Kier alpha value is -1.32. The summed E-state index contributed by atoms with van der Waals surface area (Å²) >= 11 is 0. The van der Waals surface area contributed by atoms with E-state index in [-0.39, 0.29) is 5.57 Å². The number of hydrogen-bond donors (Lipinski definition) is 1. The molecule has 0 aromatic rings. The van der Waals surface area contributed by atoms with Crippen LogP contribution in [-0.4, -0.2) is 23.7 Å². The molecule has 4 nitrogen and oxygen atoms in total. The van der Waals surface area contributed by atoms with Crippen molar-refractivity contribution in [3.63, 3.8) is 0 Å². The Bertz CT molecular complexity index is 481. The molecule has 1 unspecified atom stereocenters. The molecule has 0 saturated heterocycles. The molecule has 162 valence electrons. The lowest BCUT2D eigenvalue weighted by Crippen LogP contribution is -2.18. The molecule has 0 aromatic heterocycles. The van der Waals surface area contributed by atoms with Crippen LogP contribution in [0.3, 0.4) is 0 Å². The molecular weight excluding hydrogens is 352 g/mol. The van der Waals surface area contributed by atoms with Crippen LogP contribution in [0.15, 0.2) is 11.1 Å². The molecule has 0 aromatic carbocycles. The summed E-state index contributed by atoms with van der Waals surface area (Å²) in [5.41, 5.74) is 0.652. The monoisotopic (exact) mass is 394 g/mol. The third kappa shape index (κ3) is 10.9. The molecule has 0 fully saturated rings. The third-order valence-electron chi connectivity index (χ3n) is 5.99. The Morgan fingerprint density at radius 2 is 1.36 bits per heavy atom. The van der Waals surface area contributed by atoms with Gasteiger partial charge in [-0.05, 0) is 38.0 Å². The first-order valence-electron chi connectivity index (χ1n) is 11.7. The maximum Gasteiger partial charge on any atom is 0.334 e. The van der Waals surface area contributed by atoms with Gasteiger partial charge in [0, 0.05) is 11.1 Å². The number of carboxylic acids is 1. The summed E-state index contributed by atoms with van der Waals surface area (Å²) < 4.78 is 5.31. The number of carbonyl (C=O) groups excluding carboxylic acids is 1. The van der Waals surface area contributed by atoms with Gasteiger partial charge in [-0.1, -0.05) is 84.5 Å². The number of carbonyl (C=O) groups is 2. The van der Waals surface area contributed by atoms with E-state index in [9.17, 15) is 14.7 Å². The van der Waals surface area contributed by atoms with E-state index in [4.69, 9.17) is 4.74 Å². The summed E-state index contributed by atoms with van der Waals surface area (Å²) in [6, 6.07) is 0. The summed E-state index contributed by atoms with van der Waals surface area (Å²) in [5, 5.41) is 9.20. The van der Waals surface area contributed by atoms with E-state index in [1.807, 2.05) is 0 Å². The molecule has 1 aliphatic rings. The summed E-state index contributed by atoms with van der Waals surface area (Å²) in [7, 11) is 0. The quantitative estimate of drug-likeness (QED) is 0.230. The fourth-order valence-corrected chi connectivity index (χ4v) is 3.83. The molecule has 4 heteroatoms. The molecule has 1 N–H and O–H groups in total. The highest BCUT2D eigenvalue weighted by Crippen LogP contribution is 2.26. The molecule has 0 heterocycles. The first kappa shape index (κ1) is 24.7. The highest BCUT2D eigenvalue weighted by Gasteiger charge is 2.24. The first-order chi connectivity index (χ1) is 13.6. The van der Waals surface area contributed by atoms with Crippen LogP contribution in [-0.2, 0) is 14.3 Å². The lowest BCUT2D eigenvalue weighted by Gasteiger charge is -2.16. The second-order valence-electron chi connectivity index (χ2n) is 8.44. The molecule has 0 aliphatic heterocycles. The van der Waals surface area contributed by atoms with Crippen LogP contribution in [0, 0.1) is 5.92 Å². The average Bonchev–Trinajstić information content (AvgIpc) is 2.70. The molecule has 1 aliphatic carbocycles. The van der Waals surface area contributed by atoms with Crippen LogP contribution in [0.25, 0.3) is 0 Å². The van der Waals surface area contributed by atoms with Crippen LogP contribution < -0.4 is 0 Å². The smallest absolute Gasteiger partial charge is 0.334 e. The van der Waals surface area contributed by atoms with Crippen LogP contribution in [0.5, 0.6) is 0 Å². The van der Waals surface area contributed by atoms with Gasteiger partial charge in [0.2, 0.25) is 0 Å². The van der Waals surface area contributed by atoms with Gasteiger partial charge in [0.25, 0.3) is 0 Å². The lowest BCUT2D eigenvalue weighted by atomic mass is 9.92. The second-order valence-corrected chi connectivity index (χ2v) is 8.44. The van der Waals surface area contributed by atoms with Crippen LogP contribution in [0.2, 0.25) is 0 Å². The number of ether oxygens (including phenoxy) is 1. The average molecular weight is 395 g/mol. The highest BCUT2D eigenvalue weighted by atomic mass is 16.5. The van der Waals surface area contributed by atoms with Gasteiger partial charge < -0.3 is 9.84 Å². The van der Waals surface area contributed by atoms with Gasteiger partial charge >= 0.3 is 11.9 Å². The largest absolute Gasteiger partial charge is 0.478 e. The Morgan fingerprint density at radius 3 is 1.89 bits per heavy atom. The summed E-state index contributed by atoms with van der Waals surface area (Å²) in [6.45, 7) is 5.03. The minimum atomic E-state index is -0.970. The maximum absolute atomic E-state index is 12.1. The van der Waals surface area contributed by atoms with Crippen molar-refractivity contribution in [2.45, 2.75) is 117 Å². The van der Waals surface area contributed by atoms with Crippen molar-refractivity contribution in [1.29, 1.82) is 0 Å². The van der Waals surface area contributed by atoms with Crippen molar-refractivity contribution >= 4 is 11.9 Å². The minimum Gasteiger partial charge on any atom is -0.478 e. The number of esters is 1. The molecule has 1 rings (SSSR count). The molecule has 1 atom stereocenters. The van der Waals surface area contributed by atoms with E-state index in [0.29, 0.717) is 25.0 Å². The molecule has 0 bridgehead atoms. The Kier molecular flexibility index (Phi) is 13.8. The Morgan fingerprint density at radius 1 is 0.857 bits per heavy atom. The number of aliphatic carboxylic acids is 1. The first-order valence-corrected chi connectivity index (χ1v) is 11.7. The summed E-state index contributed by atoms with van der Waals surface area (Å²) in [5.74, 6) is -0.495. The van der Waals surface area contributed by atoms with E-state index in [0.717, 1.165) is 31.6 Å². The predicted molar refractivity (Wildman–Crippen MR) is 114 cm³/mol. The normalized spacial score (nSPS) is 15.5. The van der Waals surface area contributed by atoms with Gasteiger partial charge in [-0.15, -0.1) is 0 Å². The van der Waals surface area contributed by atoms with Crippen LogP contribution in [0.1, 0.15) is 117 Å². The number of carboxylic acid groups (broad SMARTS) is 1. The zero-order chi connectivity index (χ0) is 20.6. The number of hydrogen-bond acceptors (Lipinski definition) is 3. The second kappa shape index (κ2) is 15.6. The molecule has 0 radical (unpaired) electrons. The SMILES string of the molecule is CCC(C)CCCCCCCCCCCCOC(=O)C1=C(C(=O)O)CCCC1. The van der Waals surface area contributed by atoms with Crippen molar-refractivity contribution in [2.75, 3.05) is 6.61 Å². The van der Waals surface area contributed by atoms with Gasteiger partial charge in [-0.25, -0.2) is 9.59 Å². The van der Waals surface area contributed by atoms with Crippen molar-refractivity contribution in [1.82, 2.24) is 0 Å². The van der Waals surface area contributed by atoms with Crippen molar-refractivity contribution in [2.24, 2.45) is 5.92 Å². The van der Waals surface area contributed by atoms with E-state index in [1.165, 1.54) is 64.2 Å². The molecule has 0 spiro atoms. The van der Waals surface area contributed by atoms with Crippen molar-refractivity contribution in [3.05, 3.63) is 11.1 Å². The number of unbranched alkanes of at least 4 members (excludes halogenated alkanes) is 9. The van der Waals surface area contributed by atoms with Gasteiger partial charge in [0.05, 0.1) is 6.61 Å². The maximum atomic E-state index is 12.1. The molecule has 0 amide bonds.